The third kappa shape index (κ3) is 8.84. The first-order valence-corrected chi connectivity index (χ1v) is 9.24. The van der Waals surface area contributed by atoms with E-state index >= 15 is 0 Å². The number of halogens is 1. The van der Waals surface area contributed by atoms with Crippen LogP contribution in [-0.2, 0) is 17.9 Å². The second-order valence-corrected chi connectivity index (χ2v) is 6.40. The van der Waals surface area contributed by atoms with E-state index in [1.807, 2.05) is 6.92 Å². The molecule has 1 aromatic rings. The smallest absolute Gasteiger partial charge is 0.216 e. The zero-order chi connectivity index (χ0) is 17.9. The van der Waals surface area contributed by atoms with E-state index < -0.39 is 0 Å². The number of likely N-dealkylation sites (tertiary alicyclic amines) is 1. The Morgan fingerprint density at radius 2 is 1.65 bits per heavy atom. The van der Waals surface area contributed by atoms with Gasteiger partial charge in [-0.2, -0.15) is 0 Å². The summed E-state index contributed by atoms with van der Waals surface area (Å²) in [7, 11) is 0. The van der Waals surface area contributed by atoms with Gasteiger partial charge in [0.2, 0.25) is 5.91 Å². The molecule has 1 fully saturated rings. The molecular formula is C19H32IN5O. The largest absolute Gasteiger partial charge is 0.357 e. The Morgan fingerprint density at radius 1 is 1.04 bits per heavy atom. The fraction of sp³-hybridized carbons (Fsp3) is 0.579. The van der Waals surface area contributed by atoms with Gasteiger partial charge in [-0.05, 0) is 44.0 Å². The van der Waals surface area contributed by atoms with Crippen LogP contribution in [0.4, 0.5) is 0 Å². The van der Waals surface area contributed by atoms with Gasteiger partial charge in [-0.1, -0.05) is 24.3 Å². The van der Waals surface area contributed by atoms with Crippen LogP contribution in [0.25, 0.3) is 0 Å². The maximum absolute atomic E-state index is 10.9. The van der Waals surface area contributed by atoms with E-state index in [0.29, 0.717) is 19.6 Å². The molecule has 0 bridgehead atoms. The number of carbonyl (C=O) groups excluding carboxylic acids is 1. The molecule has 2 rings (SSSR count). The number of aliphatic imine (C=N–C) groups is 1. The van der Waals surface area contributed by atoms with E-state index in [1.54, 1.807) is 0 Å². The van der Waals surface area contributed by atoms with Crippen LogP contribution in [0.3, 0.4) is 0 Å². The number of guanidine groups is 1. The van der Waals surface area contributed by atoms with Crippen LogP contribution in [0, 0.1) is 0 Å². The van der Waals surface area contributed by atoms with E-state index in [0.717, 1.165) is 19.0 Å². The van der Waals surface area contributed by atoms with Crippen LogP contribution in [0.5, 0.6) is 0 Å². The SMILES string of the molecule is CCNC(=NCc1ccc(CN2CCCC2)cc1)NCCNC(C)=O.I. The van der Waals surface area contributed by atoms with Crippen molar-refractivity contribution in [2.24, 2.45) is 4.99 Å². The van der Waals surface area contributed by atoms with Gasteiger partial charge in [0.15, 0.2) is 5.96 Å². The number of nitrogens with one attached hydrogen (secondary N) is 3. The second-order valence-electron chi connectivity index (χ2n) is 6.40. The fourth-order valence-electron chi connectivity index (χ4n) is 2.88. The third-order valence-corrected chi connectivity index (χ3v) is 4.18. The zero-order valence-corrected chi connectivity index (χ0v) is 18.2. The summed E-state index contributed by atoms with van der Waals surface area (Å²) >= 11 is 0. The number of benzene rings is 1. The lowest BCUT2D eigenvalue weighted by atomic mass is 10.1. The minimum atomic E-state index is -0.0160. The molecule has 26 heavy (non-hydrogen) atoms. The molecule has 6 nitrogen and oxygen atoms in total. The molecule has 0 unspecified atom stereocenters. The molecule has 0 atom stereocenters. The quantitative estimate of drug-likeness (QED) is 0.234. The summed E-state index contributed by atoms with van der Waals surface area (Å²) < 4.78 is 0. The summed E-state index contributed by atoms with van der Waals surface area (Å²) in [6, 6.07) is 8.74. The highest BCUT2D eigenvalue weighted by Crippen LogP contribution is 2.13. The fourth-order valence-corrected chi connectivity index (χ4v) is 2.88. The van der Waals surface area contributed by atoms with Crippen molar-refractivity contribution in [2.75, 3.05) is 32.7 Å². The van der Waals surface area contributed by atoms with Crippen molar-refractivity contribution in [3.05, 3.63) is 35.4 Å². The van der Waals surface area contributed by atoms with E-state index in [4.69, 9.17) is 0 Å². The van der Waals surface area contributed by atoms with E-state index in [2.05, 4.69) is 50.1 Å². The summed E-state index contributed by atoms with van der Waals surface area (Å²) in [5, 5.41) is 9.21. The highest BCUT2D eigenvalue weighted by Gasteiger charge is 2.11. The first-order valence-electron chi connectivity index (χ1n) is 9.24. The molecule has 1 saturated heterocycles. The van der Waals surface area contributed by atoms with Crippen LogP contribution < -0.4 is 16.0 Å². The molecule has 0 saturated carbocycles. The Morgan fingerprint density at radius 3 is 2.27 bits per heavy atom. The minimum absolute atomic E-state index is 0. The average Bonchev–Trinajstić information content (AvgIpc) is 3.10. The molecule has 0 radical (unpaired) electrons. The number of hydrogen-bond acceptors (Lipinski definition) is 3. The van der Waals surface area contributed by atoms with Gasteiger partial charge in [-0.25, -0.2) is 4.99 Å². The number of amides is 1. The molecule has 0 spiro atoms. The Kier molecular flexibility index (Phi) is 11.3. The Hall–Kier alpha value is -1.35. The second kappa shape index (κ2) is 12.9. The summed E-state index contributed by atoms with van der Waals surface area (Å²) in [6.45, 7) is 9.75. The number of carbonyl (C=O) groups is 1. The molecule has 3 N–H and O–H groups in total. The predicted molar refractivity (Wildman–Crippen MR) is 118 cm³/mol. The van der Waals surface area contributed by atoms with E-state index in [1.165, 1.54) is 44.0 Å². The lowest BCUT2D eigenvalue weighted by Crippen LogP contribution is -2.41. The molecular weight excluding hydrogens is 441 g/mol. The van der Waals surface area contributed by atoms with Gasteiger partial charge in [0, 0.05) is 33.1 Å². The summed E-state index contributed by atoms with van der Waals surface area (Å²) in [6.07, 6.45) is 2.66. The monoisotopic (exact) mass is 473 g/mol. The molecule has 1 amide bonds. The minimum Gasteiger partial charge on any atom is -0.357 e. The summed E-state index contributed by atoms with van der Waals surface area (Å²) in [5.41, 5.74) is 2.57. The van der Waals surface area contributed by atoms with E-state index in [9.17, 15) is 4.79 Å². The molecule has 1 heterocycles. The lowest BCUT2D eigenvalue weighted by Gasteiger charge is -2.14. The van der Waals surface area contributed by atoms with Crippen molar-refractivity contribution in [1.29, 1.82) is 0 Å². The maximum atomic E-state index is 10.9. The summed E-state index contributed by atoms with van der Waals surface area (Å²) in [5.74, 6) is 0.756. The van der Waals surface area contributed by atoms with Crippen LogP contribution in [0.2, 0.25) is 0 Å². The molecule has 1 aromatic carbocycles. The standard InChI is InChI=1S/C19H31N5O.HI/c1-3-20-19(22-11-10-21-16(2)25)23-14-17-6-8-18(9-7-17)15-24-12-4-5-13-24;/h6-9H,3-5,10-15H2,1-2H3,(H,21,25)(H2,20,22,23);1H. The first-order chi connectivity index (χ1) is 12.2. The van der Waals surface area contributed by atoms with Crippen LogP contribution in [0.15, 0.2) is 29.3 Å². The van der Waals surface area contributed by atoms with Crippen LogP contribution >= 0.6 is 24.0 Å². The molecule has 0 aliphatic carbocycles. The van der Waals surface area contributed by atoms with Gasteiger partial charge in [0.25, 0.3) is 0 Å². The highest BCUT2D eigenvalue weighted by atomic mass is 127. The number of rotatable bonds is 8. The Balaban J connectivity index is 0.00000338. The Labute approximate surface area is 174 Å². The van der Waals surface area contributed by atoms with Gasteiger partial charge in [0.1, 0.15) is 0 Å². The maximum Gasteiger partial charge on any atom is 0.216 e. The van der Waals surface area contributed by atoms with Crippen molar-refractivity contribution in [2.45, 2.75) is 39.8 Å². The average molecular weight is 473 g/mol. The zero-order valence-electron chi connectivity index (χ0n) is 15.9. The topological polar surface area (TPSA) is 68.8 Å². The Bertz CT molecular complexity index is 556. The van der Waals surface area contributed by atoms with Crippen molar-refractivity contribution < 1.29 is 4.79 Å². The number of nitrogens with zero attached hydrogens (tertiary/aromatic N) is 2. The van der Waals surface area contributed by atoms with Gasteiger partial charge in [-0.15, -0.1) is 24.0 Å². The molecule has 1 aliphatic heterocycles. The van der Waals surface area contributed by atoms with Gasteiger partial charge in [-0.3, -0.25) is 9.69 Å². The first kappa shape index (κ1) is 22.7. The molecule has 146 valence electrons. The molecule has 1 aliphatic rings. The van der Waals surface area contributed by atoms with Crippen molar-refractivity contribution in [1.82, 2.24) is 20.9 Å². The van der Waals surface area contributed by atoms with Gasteiger partial charge < -0.3 is 16.0 Å². The number of hydrogen-bond donors (Lipinski definition) is 3. The van der Waals surface area contributed by atoms with E-state index in [-0.39, 0.29) is 29.9 Å². The van der Waals surface area contributed by atoms with Crippen molar-refractivity contribution in [3.63, 3.8) is 0 Å². The van der Waals surface area contributed by atoms with Gasteiger partial charge in [0.05, 0.1) is 6.54 Å². The normalized spacial score (nSPS) is 14.6. The summed E-state index contributed by atoms with van der Waals surface area (Å²) in [4.78, 5) is 18.0. The van der Waals surface area contributed by atoms with Crippen LogP contribution in [-0.4, -0.2) is 49.5 Å². The predicted octanol–water partition coefficient (Wildman–Crippen LogP) is 2.09. The van der Waals surface area contributed by atoms with Gasteiger partial charge >= 0.3 is 0 Å². The lowest BCUT2D eigenvalue weighted by molar-refractivity contribution is -0.118. The van der Waals surface area contributed by atoms with Crippen molar-refractivity contribution >= 4 is 35.8 Å². The molecule has 0 aromatic heterocycles. The third-order valence-electron chi connectivity index (χ3n) is 4.18. The highest BCUT2D eigenvalue weighted by molar-refractivity contribution is 14.0. The molecule has 7 heteroatoms. The van der Waals surface area contributed by atoms with Crippen LogP contribution in [0.1, 0.15) is 37.8 Å². The van der Waals surface area contributed by atoms with Crippen molar-refractivity contribution in [3.8, 4) is 0 Å².